The zero-order valence-electron chi connectivity index (χ0n) is 10.7. The Morgan fingerprint density at radius 2 is 1.94 bits per heavy atom. The molecule has 96 valence electrons. The molecule has 1 aliphatic heterocycles. The van der Waals surface area contributed by atoms with E-state index in [2.05, 4.69) is 0 Å². The zero-order chi connectivity index (χ0) is 12.0. The second-order valence-corrected chi connectivity index (χ2v) is 4.60. The van der Waals surface area contributed by atoms with Gasteiger partial charge in [-0.25, -0.2) is 0 Å². The summed E-state index contributed by atoms with van der Waals surface area (Å²) in [5.41, 5.74) is 5.96. The van der Waals surface area contributed by atoms with Gasteiger partial charge in [0.2, 0.25) is 0 Å². The predicted octanol–water partition coefficient (Wildman–Crippen LogP) is 1.32. The lowest BCUT2D eigenvalue weighted by molar-refractivity contribution is -0.133. The van der Waals surface area contributed by atoms with Crippen molar-refractivity contribution in [1.29, 1.82) is 0 Å². The molecule has 1 heterocycles. The van der Waals surface area contributed by atoms with Crippen LogP contribution < -0.4 is 5.73 Å². The lowest BCUT2D eigenvalue weighted by atomic mass is 9.86. The van der Waals surface area contributed by atoms with Gasteiger partial charge in [-0.3, -0.25) is 0 Å². The van der Waals surface area contributed by atoms with Crippen LogP contribution in [0.15, 0.2) is 0 Å². The summed E-state index contributed by atoms with van der Waals surface area (Å²) in [6.07, 6.45) is 1.94. The number of hydrogen-bond donors (Lipinski definition) is 1. The predicted molar refractivity (Wildman–Crippen MR) is 63.5 cm³/mol. The van der Waals surface area contributed by atoms with E-state index in [-0.39, 0.29) is 17.7 Å². The molecule has 16 heavy (non-hydrogen) atoms. The van der Waals surface area contributed by atoms with Crippen LogP contribution >= 0.6 is 0 Å². The summed E-state index contributed by atoms with van der Waals surface area (Å²) in [6.45, 7) is 8.75. The number of ether oxygens (including phenoxy) is 3. The van der Waals surface area contributed by atoms with Crippen LogP contribution in [0.1, 0.15) is 33.6 Å². The molecule has 1 unspecified atom stereocenters. The Morgan fingerprint density at radius 3 is 2.44 bits per heavy atom. The van der Waals surface area contributed by atoms with Crippen LogP contribution in [0.25, 0.3) is 0 Å². The Bertz CT molecular complexity index is 185. The molecule has 1 saturated heterocycles. The van der Waals surface area contributed by atoms with Crippen molar-refractivity contribution < 1.29 is 14.2 Å². The van der Waals surface area contributed by atoms with E-state index >= 15 is 0 Å². The van der Waals surface area contributed by atoms with E-state index in [0.29, 0.717) is 13.2 Å². The fraction of sp³-hybridized carbons (Fsp3) is 1.00. The van der Waals surface area contributed by atoms with Crippen LogP contribution in [0.2, 0.25) is 0 Å². The lowest BCUT2D eigenvalue weighted by Crippen LogP contribution is -2.55. The van der Waals surface area contributed by atoms with Gasteiger partial charge in [0, 0.05) is 32.7 Å². The minimum atomic E-state index is -0.248. The van der Waals surface area contributed by atoms with Gasteiger partial charge >= 0.3 is 0 Å². The van der Waals surface area contributed by atoms with Crippen molar-refractivity contribution in [1.82, 2.24) is 0 Å². The zero-order valence-corrected chi connectivity index (χ0v) is 10.7. The van der Waals surface area contributed by atoms with E-state index < -0.39 is 0 Å². The molecule has 1 fully saturated rings. The molecule has 2 N–H and O–H groups in total. The highest BCUT2D eigenvalue weighted by atomic mass is 16.5. The van der Waals surface area contributed by atoms with Gasteiger partial charge in [0.1, 0.15) is 0 Å². The maximum atomic E-state index is 6.21. The number of rotatable bonds is 6. The van der Waals surface area contributed by atoms with Crippen molar-refractivity contribution in [2.75, 3.05) is 26.4 Å². The van der Waals surface area contributed by atoms with Crippen LogP contribution in [-0.4, -0.2) is 44.2 Å². The van der Waals surface area contributed by atoms with Gasteiger partial charge in [0.25, 0.3) is 0 Å². The van der Waals surface area contributed by atoms with Crippen molar-refractivity contribution in [2.45, 2.75) is 51.4 Å². The molecule has 0 amide bonds. The molecule has 0 bridgehead atoms. The third-order valence-electron chi connectivity index (χ3n) is 3.06. The molecule has 0 radical (unpaired) electrons. The lowest BCUT2D eigenvalue weighted by Gasteiger charge is -2.41. The van der Waals surface area contributed by atoms with Gasteiger partial charge in [-0.05, 0) is 20.8 Å². The molecule has 1 aliphatic rings. The Balaban J connectivity index is 2.53. The van der Waals surface area contributed by atoms with Crippen molar-refractivity contribution in [3.05, 3.63) is 0 Å². The third kappa shape index (κ3) is 3.70. The molecule has 0 aromatic heterocycles. The third-order valence-corrected chi connectivity index (χ3v) is 3.06. The fourth-order valence-corrected chi connectivity index (χ4v) is 2.07. The van der Waals surface area contributed by atoms with E-state index in [9.17, 15) is 0 Å². The molecule has 0 saturated carbocycles. The molecular weight excluding hydrogens is 206 g/mol. The maximum absolute atomic E-state index is 6.21. The van der Waals surface area contributed by atoms with Gasteiger partial charge in [-0.2, -0.15) is 0 Å². The Hall–Kier alpha value is -0.160. The van der Waals surface area contributed by atoms with Crippen molar-refractivity contribution in [3.63, 3.8) is 0 Å². The summed E-state index contributed by atoms with van der Waals surface area (Å²) >= 11 is 0. The van der Waals surface area contributed by atoms with E-state index in [0.717, 1.165) is 26.1 Å². The van der Waals surface area contributed by atoms with Crippen LogP contribution in [-0.2, 0) is 14.2 Å². The molecule has 1 atom stereocenters. The van der Waals surface area contributed by atoms with Gasteiger partial charge in [0.15, 0.2) is 0 Å². The first-order chi connectivity index (χ1) is 7.60. The smallest absolute Gasteiger partial charge is 0.0898 e. The first kappa shape index (κ1) is 13.9. The normalized spacial score (nSPS) is 22.3. The highest BCUT2D eigenvalue weighted by Gasteiger charge is 2.39. The monoisotopic (exact) mass is 231 g/mol. The second-order valence-electron chi connectivity index (χ2n) is 4.60. The Morgan fingerprint density at radius 1 is 1.31 bits per heavy atom. The highest BCUT2D eigenvalue weighted by Crippen LogP contribution is 2.28. The van der Waals surface area contributed by atoms with E-state index in [1.165, 1.54) is 0 Å². The van der Waals surface area contributed by atoms with Crippen LogP contribution in [0.5, 0.6) is 0 Å². The topological polar surface area (TPSA) is 53.7 Å². The van der Waals surface area contributed by atoms with Crippen LogP contribution in [0.3, 0.4) is 0 Å². The Kier molecular flexibility index (Phi) is 5.69. The summed E-state index contributed by atoms with van der Waals surface area (Å²) in [5.74, 6) is 0. The van der Waals surface area contributed by atoms with E-state index in [4.69, 9.17) is 19.9 Å². The largest absolute Gasteiger partial charge is 0.381 e. The molecule has 0 aliphatic carbocycles. The standard InChI is InChI=1S/C12H25NO3/c1-4-16-12(5-7-14-8-6-12)11(13)9-15-10(2)3/h10-11H,4-9,13H2,1-3H3. The summed E-state index contributed by atoms with van der Waals surface area (Å²) in [7, 11) is 0. The SMILES string of the molecule is CCOC1(C(N)COC(C)C)CCOCC1. The van der Waals surface area contributed by atoms with Crippen molar-refractivity contribution in [3.8, 4) is 0 Å². The van der Waals surface area contributed by atoms with Crippen LogP contribution in [0, 0.1) is 0 Å². The first-order valence-electron chi connectivity index (χ1n) is 6.19. The second kappa shape index (κ2) is 6.55. The summed E-state index contributed by atoms with van der Waals surface area (Å²) in [4.78, 5) is 0. The highest BCUT2D eigenvalue weighted by molar-refractivity contribution is 4.93. The van der Waals surface area contributed by atoms with Gasteiger partial charge < -0.3 is 19.9 Å². The fourth-order valence-electron chi connectivity index (χ4n) is 2.07. The van der Waals surface area contributed by atoms with E-state index in [1.807, 2.05) is 20.8 Å². The summed E-state index contributed by atoms with van der Waals surface area (Å²) < 4.78 is 16.8. The van der Waals surface area contributed by atoms with Gasteiger partial charge in [0.05, 0.1) is 24.4 Å². The molecule has 0 aromatic carbocycles. The summed E-state index contributed by atoms with van der Waals surface area (Å²) in [5, 5.41) is 0. The first-order valence-corrected chi connectivity index (χ1v) is 6.19. The van der Waals surface area contributed by atoms with Crippen molar-refractivity contribution >= 4 is 0 Å². The number of hydrogen-bond acceptors (Lipinski definition) is 4. The molecule has 0 spiro atoms. The minimum absolute atomic E-state index is 0.0706. The number of nitrogens with two attached hydrogens (primary N) is 1. The van der Waals surface area contributed by atoms with Crippen molar-refractivity contribution in [2.24, 2.45) is 5.73 Å². The summed E-state index contributed by atoms with van der Waals surface area (Å²) in [6, 6.07) is -0.0706. The van der Waals surface area contributed by atoms with Gasteiger partial charge in [-0.15, -0.1) is 0 Å². The van der Waals surface area contributed by atoms with Crippen LogP contribution in [0.4, 0.5) is 0 Å². The average molecular weight is 231 g/mol. The molecule has 0 aromatic rings. The molecule has 4 heteroatoms. The van der Waals surface area contributed by atoms with E-state index in [1.54, 1.807) is 0 Å². The molecule has 4 nitrogen and oxygen atoms in total. The average Bonchev–Trinajstić information content (AvgIpc) is 2.27. The maximum Gasteiger partial charge on any atom is 0.0898 e. The quantitative estimate of drug-likeness (QED) is 0.749. The van der Waals surface area contributed by atoms with Gasteiger partial charge in [-0.1, -0.05) is 0 Å². The Labute approximate surface area is 98.4 Å². The molecular formula is C12H25NO3. The molecule has 1 rings (SSSR count). The minimum Gasteiger partial charge on any atom is -0.381 e.